The Labute approximate surface area is 186 Å². The van der Waals surface area contributed by atoms with Crippen molar-refractivity contribution in [1.82, 2.24) is 15.1 Å². The van der Waals surface area contributed by atoms with Crippen molar-refractivity contribution in [3.8, 4) is 33.9 Å². The highest BCUT2D eigenvalue weighted by molar-refractivity contribution is 5.95. The molecule has 0 aliphatic heterocycles. The molecule has 0 radical (unpaired) electrons. The van der Waals surface area contributed by atoms with Gasteiger partial charge in [-0.05, 0) is 48.9 Å². The molecule has 6 nitrogen and oxygen atoms in total. The number of benzene rings is 3. The summed E-state index contributed by atoms with van der Waals surface area (Å²) in [5.74, 6) is 1.24. The lowest BCUT2D eigenvalue weighted by Crippen LogP contribution is -2.21. The van der Waals surface area contributed by atoms with Gasteiger partial charge in [0.1, 0.15) is 17.2 Å². The number of hydrogen-bond acceptors (Lipinski definition) is 4. The van der Waals surface area contributed by atoms with Gasteiger partial charge in [-0.15, -0.1) is 0 Å². The molecule has 0 aliphatic carbocycles. The van der Waals surface area contributed by atoms with Crippen molar-refractivity contribution < 1.29 is 9.53 Å². The Morgan fingerprint density at radius 1 is 0.906 bits per heavy atom. The lowest BCUT2D eigenvalue weighted by Gasteiger charge is -2.16. The lowest BCUT2D eigenvalue weighted by molar-refractivity contribution is 0.0827. The monoisotopic (exact) mass is 425 g/mol. The number of carbonyl (C=O) groups is 1. The third-order valence-corrected chi connectivity index (χ3v) is 5.16. The molecule has 4 rings (SSSR count). The number of rotatable bonds is 5. The largest absolute Gasteiger partial charge is 0.457 e. The van der Waals surface area contributed by atoms with Crippen molar-refractivity contribution in [3.63, 3.8) is 0 Å². The fourth-order valence-electron chi connectivity index (χ4n) is 3.49. The zero-order chi connectivity index (χ0) is 22.7. The predicted octanol–water partition coefficient (Wildman–Crippen LogP) is 4.91. The maximum atomic E-state index is 12.4. The quantitative estimate of drug-likeness (QED) is 0.493. The molecule has 32 heavy (non-hydrogen) atoms. The van der Waals surface area contributed by atoms with Crippen LogP contribution in [-0.2, 0) is 0 Å². The number of nitrogens with zero attached hydrogens (tertiary/aromatic N) is 2. The summed E-state index contributed by atoms with van der Waals surface area (Å²) in [7, 11) is 3.42. The van der Waals surface area contributed by atoms with E-state index < -0.39 is 0 Å². The van der Waals surface area contributed by atoms with E-state index in [2.05, 4.69) is 10.2 Å². The number of nitrogens with one attached hydrogen (secondary N) is 1. The molecule has 1 N–H and O–H groups in total. The van der Waals surface area contributed by atoms with Crippen LogP contribution in [0.3, 0.4) is 0 Å². The van der Waals surface area contributed by atoms with Gasteiger partial charge in [-0.2, -0.15) is 5.10 Å². The Balaban J connectivity index is 1.84. The summed E-state index contributed by atoms with van der Waals surface area (Å²) in [4.78, 5) is 26.2. The molecule has 0 saturated heterocycles. The summed E-state index contributed by atoms with van der Waals surface area (Å²) < 4.78 is 6.12. The molecular formula is C26H23N3O3. The van der Waals surface area contributed by atoms with Gasteiger partial charge in [-0.3, -0.25) is 9.59 Å². The molecule has 1 amide bonds. The van der Waals surface area contributed by atoms with Gasteiger partial charge in [-0.1, -0.05) is 42.5 Å². The smallest absolute Gasteiger partial charge is 0.267 e. The van der Waals surface area contributed by atoms with E-state index in [1.165, 1.54) is 4.90 Å². The van der Waals surface area contributed by atoms with E-state index in [0.29, 0.717) is 33.9 Å². The predicted molar refractivity (Wildman–Crippen MR) is 125 cm³/mol. The molecule has 3 aromatic carbocycles. The zero-order valence-corrected chi connectivity index (χ0v) is 18.1. The van der Waals surface area contributed by atoms with Crippen LogP contribution in [0.15, 0.2) is 83.7 Å². The van der Waals surface area contributed by atoms with Crippen molar-refractivity contribution in [1.29, 1.82) is 0 Å². The fourth-order valence-corrected chi connectivity index (χ4v) is 3.49. The molecule has 1 heterocycles. The summed E-state index contributed by atoms with van der Waals surface area (Å²) in [6.07, 6.45) is 0. The Hall–Kier alpha value is -4.19. The second kappa shape index (κ2) is 8.89. The number of aromatic amines is 1. The molecule has 0 aliphatic rings. The molecular weight excluding hydrogens is 402 g/mol. The van der Waals surface area contributed by atoms with Gasteiger partial charge in [0.25, 0.3) is 11.5 Å². The number of ether oxygens (including phenoxy) is 1. The van der Waals surface area contributed by atoms with Crippen LogP contribution in [0.4, 0.5) is 0 Å². The summed E-state index contributed by atoms with van der Waals surface area (Å²) in [6.45, 7) is 1.76. The Morgan fingerprint density at radius 2 is 1.56 bits per heavy atom. The third-order valence-electron chi connectivity index (χ3n) is 5.16. The van der Waals surface area contributed by atoms with E-state index in [4.69, 9.17) is 4.74 Å². The molecule has 0 bridgehead atoms. The van der Waals surface area contributed by atoms with Crippen molar-refractivity contribution in [3.05, 3.63) is 100 Å². The summed E-state index contributed by atoms with van der Waals surface area (Å²) in [6, 6.07) is 24.3. The van der Waals surface area contributed by atoms with Crippen molar-refractivity contribution in [2.45, 2.75) is 6.92 Å². The average molecular weight is 425 g/mol. The summed E-state index contributed by atoms with van der Waals surface area (Å²) in [5.41, 5.74) is 3.68. The maximum absolute atomic E-state index is 12.4. The van der Waals surface area contributed by atoms with Crippen LogP contribution in [0, 0.1) is 6.92 Å². The Kier molecular flexibility index (Phi) is 5.85. The highest BCUT2D eigenvalue weighted by Gasteiger charge is 2.19. The first-order chi connectivity index (χ1) is 15.5. The van der Waals surface area contributed by atoms with Gasteiger partial charge in [0, 0.05) is 36.3 Å². The molecule has 4 aromatic rings. The SMILES string of the molecule is Cc1c(-c2ccc(C(=O)N(C)C)cc2)c(-c2ccccc2Oc2ccccc2)n[nH]c1=O. The van der Waals surface area contributed by atoms with Gasteiger partial charge in [0.05, 0.1) is 0 Å². The first-order valence-corrected chi connectivity index (χ1v) is 10.2. The molecule has 0 fully saturated rings. The second-order valence-electron chi connectivity index (χ2n) is 7.59. The van der Waals surface area contributed by atoms with Gasteiger partial charge in [-0.25, -0.2) is 5.10 Å². The van der Waals surface area contributed by atoms with Crippen LogP contribution in [-0.4, -0.2) is 35.1 Å². The molecule has 6 heteroatoms. The number of aromatic nitrogens is 2. The van der Waals surface area contributed by atoms with Crippen molar-refractivity contribution in [2.24, 2.45) is 0 Å². The van der Waals surface area contributed by atoms with E-state index in [1.807, 2.05) is 66.7 Å². The minimum Gasteiger partial charge on any atom is -0.457 e. The van der Waals surface area contributed by atoms with Crippen LogP contribution in [0.25, 0.3) is 22.4 Å². The zero-order valence-electron chi connectivity index (χ0n) is 18.1. The lowest BCUT2D eigenvalue weighted by atomic mass is 9.95. The number of para-hydroxylation sites is 2. The number of H-pyrrole nitrogens is 1. The van der Waals surface area contributed by atoms with Gasteiger partial charge < -0.3 is 9.64 Å². The second-order valence-corrected chi connectivity index (χ2v) is 7.59. The minimum absolute atomic E-state index is 0.0841. The number of carbonyl (C=O) groups excluding carboxylic acids is 1. The van der Waals surface area contributed by atoms with Crippen LogP contribution in [0.1, 0.15) is 15.9 Å². The van der Waals surface area contributed by atoms with Crippen LogP contribution < -0.4 is 10.3 Å². The van der Waals surface area contributed by atoms with Gasteiger partial charge in [0.15, 0.2) is 0 Å². The first-order valence-electron chi connectivity index (χ1n) is 10.2. The minimum atomic E-state index is -0.265. The molecule has 0 saturated carbocycles. The van der Waals surface area contributed by atoms with E-state index in [-0.39, 0.29) is 11.5 Å². The molecule has 0 atom stereocenters. The first kappa shape index (κ1) is 21.1. The molecule has 0 spiro atoms. The van der Waals surface area contributed by atoms with Gasteiger partial charge in [0.2, 0.25) is 0 Å². The fraction of sp³-hybridized carbons (Fsp3) is 0.115. The average Bonchev–Trinajstić information content (AvgIpc) is 2.81. The standard InChI is InChI=1S/C26H23N3O3/c1-17-23(18-13-15-19(16-14-18)26(31)29(2)3)24(27-28-25(17)30)21-11-7-8-12-22(21)32-20-9-5-4-6-10-20/h4-16H,1-3H3,(H,28,30). The normalized spacial score (nSPS) is 10.6. The van der Waals surface area contributed by atoms with Crippen LogP contribution in [0.5, 0.6) is 11.5 Å². The highest BCUT2D eigenvalue weighted by Crippen LogP contribution is 2.38. The molecule has 160 valence electrons. The number of hydrogen-bond donors (Lipinski definition) is 1. The third kappa shape index (κ3) is 4.16. The molecule has 0 unspecified atom stereocenters. The van der Waals surface area contributed by atoms with Crippen LogP contribution >= 0.6 is 0 Å². The summed E-state index contributed by atoms with van der Waals surface area (Å²) in [5, 5.41) is 6.97. The van der Waals surface area contributed by atoms with E-state index >= 15 is 0 Å². The Bertz CT molecular complexity index is 1310. The summed E-state index contributed by atoms with van der Waals surface area (Å²) >= 11 is 0. The van der Waals surface area contributed by atoms with Crippen molar-refractivity contribution in [2.75, 3.05) is 14.1 Å². The van der Waals surface area contributed by atoms with Gasteiger partial charge >= 0.3 is 0 Å². The van der Waals surface area contributed by atoms with E-state index in [0.717, 1.165) is 11.1 Å². The van der Waals surface area contributed by atoms with E-state index in [1.54, 1.807) is 33.2 Å². The van der Waals surface area contributed by atoms with Crippen LogP contribution in [0.2, 0.25) is 0 Å². The Morgan fingerprint density at radius 3 is 2.25 bits per heavy atom. The van der Waals surface area contributed by atoms with E-state index in [9.17, 15) is 9.59 Å². The topological polar surface area (TPSA) is 75.3 Å². The molecule has 1 aromatic heterocycles. The maximum Gasteiger partial charge on any atom is 0.267 e. The highest BCUT2D eigenvalue weighted by atomic mass is 16.5. The number of amides is 1. The van der Waals surface area contributed by atoms with Crippen molar-refractivity contribution >= 4 is 5.91 Å².